The van der Waals surface area contributed by atoms with Crippen LogP contribution in [0.2, 0.25) is 0 Å². The first kappa shape index (κ1) is 19.3. The van der Waals surface area contributed by atoms with Crippen molar-refractivity contribution in [3.8, 4) is 0 Å². The molecule has 0 bridgehead atoms. The molecule has 5 heteroatoms. The van der Waals surface area contributed by atoms with Gasteiger partial charge in [-0.15, -0.1) is 11.8 Å². The smallest absolute Gasteiger partial charge is 0.0741 e. The van der Waals surface area contributed by atoms with Crippen molar-refractivity contribution >= 4 is 44.9 Å². The number of thioether (sulfide) groups is 1. The number of anilines is 2. The average molecular weight is 395 g/mol. The van der Waals surface area contributed by atoms with Crippen molar-refractivity contribution in [2.75, 3.05) is 63.4 Å². The first-order valence-electron chi connectivity index (χ1n) is 10.1. The van der Waals surface area contributed by atoms with Crippen LogP contribution in [0, 0.1) is 0 Å². The van der Waals surface area contributed by atoms with Gasteiger partial charge in [-0.1, -0.05) is 0 Å². The van der Waals surface area contributed by atoms with Gasteiger partial charge in [-0.25, -0.2) is 4.98 Å². The van der Waals surface area contributed by atoms with Crippen LogP contribution < -0.4 is 9.80 Å². The Balaban J connectivity index is 1.77. The number of benzene rings is 2. The lowest BCUT2D eigenvalue weighted by molar-refractivity contribution is 0.362. The van der Waals surface area contributed by atoms with Crippen molar-refractivity contribution in [2.24, 2.45) is 0 Å². The number of nitrogens with zero attached hydrogens (tertiary/aromatic N) is 4. The molecule has 2 heterocycles. The maximum atomic E-state index is 5.03. The molecule has 0 radical (unpaired) electrons. The van der Waals surface area contributed by atoms with Crippen molar-refractivity contribution < 1.29 is 0 Å². The van der Waals surface area contributed by atoms with Crippen LogP contribution >= 0.6 is 11.8 Å². The van der Waals surface area contributed by atoms with Gasteiger partial charge in [0.2, 0.25) is 0 Å². The minimum atomic E-state index is 1.08. The van der Waals surface area contributed by atoms with Crippen molar-refractivity contribution in [3.63, 3.8) is 0 Å². The van der Waals surface area contributed by atoms with Crippen LogP contribution in [0.1, 0.15) is 12.8 Å². The van der Waals surface area contributed by atoms with E-state index in [9.17, 15) is 0 Å². The SMILES string of the molecule is CN(C)c1ccc2c(SCCN3CCCC3)c3ccc(N(C)C)cc3nc2c1. The van der Waals surface area contributed by atoms with Crippen molar-refractivity contribution in [1.82, 2.24) is 9.88 Å². The molecule has 1 aromatic heterocycles. The number of likely N-dealkylation sites (tertiary alicyclic amines) is 1. The molecule has 3 aromatic rings. The molecule has 0 aliphatic carbocycles. The molecule has 0 unspecified atom stereocenters. The van der Waals surface area contributed by atoms with Crippen LogP contribution in [-0.2, 0) is 0 Å². The van der Waals surface area contributed by atoms with E-state index in [1.807, 2.05) is 11.8 Å². The summed E-state index contributed by atoms with van der Waals surface area (Å²) < 4.78 is 0. The third-order valence-corrected chi connectivity index (χ3v) is 6.69. The van der Waals surface area contributed by atoms with Crippen LogP contribution in [-0.4, -0.2) is 63.5 Å². The van der Waals surface area contributed by atoms with Crippen LogP contribution in [0.4, 0.5) is 11.4 Å². The van der Waals surface area contributed by atoms with Gasteiger partial charge in [0.15, 0.2) is 0 Å². The van der Waals surface area contributed by atoms with Crippen molar-refractivity contribution in [2.45, 2.75) is 17.7 Å². The molecule has 0 atom stereocenters. The third kappa shape index (κ3) is 3.91. The molecule has 0 saturated carbocycles. The van der Waals surface area contributed by atoms with E-state index in [0.717, 1.165) is 16.8 Å². The van der Waals surface area contributed by atoms with E-state index >= 15 is 0 Å². The summed E-state index contributed by atoms with van der Waals surface area (Å²) in [4.78, 5) is 13.3. The van der Waals surface area contributed by atoms with Crippen molar-refractivity contribution in [1.29, 1.82) is 0 Å². The summed E-state index contributed by atoms with van der Waals surface area (Å²) in [6.07, 6.45) is 2.71. The Labute approximate surface area is 172 Å². The first-order chi connectivity index (χ1) is 13.5. The monoisotopic (exact) mass is 394 g/mol. The van der Waals surface area contributed by atoms with Gasteiger partial charge < -0.3 is 14.7 Å². The largest absolute Gasteiger partial charge is 0.378 e. The second kappa shape index (κ2) is 8.18. The van der Waals surface area contributed by atoms with Gasteiger partial charge in [-0.3, -0.25) is 0 Å². The summed E-state index contributed by atoms with van der Waals surface area (Å²) in [6, 6.07) is 13.3. The zero-order valence-electron chi connectivity index (χ0n) is 17.4. The second-order valence-corrected chi connectivity index (χ2v) is 9.14. The molecular formula is C23H30N4S. The number of rotatable bonds is 6. The maximum Gasteiger partial charge on any atom is 0.0741 e. The summed E-state index contributed by atoms with van der Waals surface area (Å²) in [5, 5.41) is 2.53. The Bertz CT molecular complexity index is 911. The molecule has 2 aromatic carbocycles. The zero-order valence-corrected chi connectivity index (χ0v) is 18.2. The number of aromatic nitrogens is 1. The normalized spacial score (nSPS) is 14.9. The first-order valence-corrected chi connectivity index (χ1v) is 11.1. The van der Waals surface area contributed by atoms with Gasteiger partial charge in [-0.2, -0.15) is 0 Å². The Morgan fingerprint density at radius 1 is 0.857 bits per heavy atom. The lowest BCUT2D eigenvalue weighted by atomic mass is 10.1. The van der Waals surface area contributed by atoms with E-state index in [0.29, 0.717) is 0 Å². The standard InChI is InChI=1S/C23H30N4S/c1-25(2)17-7-9-19-21(15-17)24-22-16-18(26(3)4)8-10-20(22)23(19)28-14-13-27-11-5-6-12-27/h7-10,15-16H,5-6,11-14H2,1-4H3. The lowest BCUT2D eigenvalue weighted by Gasteiger charge is -2.18. The highest BCUT2D eigenvalue weighted by Gasteiger charge is 2.14. The van der Waals surface area contributed by atoms with Gasteiger partial charge in [-0.05, 0) is 62.3 Å². The highest BCUT2D eigenvalue weighted by Crippen LogP contribution is 2.36. The van der Waals surface area contributed by atoms with E-state index in [4.69, 9.17) is 4.98 Å². The molecule has 4 rings (SSSR count). The summed E-state index contributed by atoms with van der Waals surface area (Å²) in [5.41, 5.74) is 4.55. The fraction of sp³-hybridized carbons (Fsp3) is 0.435. The molecule has 1 aliphatic rings. The second-order valence-electron chi connectivity index (χ2n) is 8.03. The van der Waals surface area contributed by atoms with Gasteiger partial charge in [0.25, 0.3) is 0 Å². The minimum Gasteiger partial charge on any atom is -0.378 e. The van der Waals surface area contributed by atoms with E-state index in [1.54, 1.807) is 0 Å². The van der Waals surface area contributed by atoms with Crippen LogP contribution in [0.15, 0.2) is 41.3 Å². The highest BCUT2D eigenvalue weighted by atomic mass is 32.2. The maximum absolute atomic E-state index is 5.03. The number of hydrogen-bond donors (Lipinski definition) is 0. The summed E-state index contributed by atoms with van der Waals surface area (Å²) in [7, 11) is 8.33. The highest BCUT2D eigenvalue weighted by molar-refractivity contribution is 7.99. The average Bonchev–Trinajstić information content (AvgIpc) is 3.19. The number of pyridine rings is 1. The molecule has 0 N–H and O–H groups in total. The van der Waals surface area contributed by atoms with E-state index in [-0.39, 0.29) is 0 Å². The fourth-order valence-electron chi connectivity index (χ4n) is 3.88. The fourth-order valence-corrected chi connectivity index (χ4v) is 5.09. The molecule has 28 heavy (non-hydrogen) atoms. The van der Waals surface area contributed by atoms with Crippen molar-refractivity contribution in [3.05, 3.63) is 36.4 Å². The molecule has 148 valence electrons. The van der Waals surface area contributed by atoms with Gasteiger partial charge in [0, 0.05) is 67.5 Å². The topological polar surface area (TPSA) is 22.6 Å². The minimum absolute atomic E-state index is 1.08. The Morgan fingerprint density at radius 3 is 1.89 bits per heavy atom. The predicted octanol–water partition coefficient (Wildman–Crippen LogP) is 4.71. The quantitative estimate of drug-likeness (QED) is 0.445. The van der Waals surface area contributed by atoms with Gasteiger partial charge >= 0.3 is 0 Å². The molecule has 4 nitrogen and oxygen atoms in total. The van der Waals surface area contributed by atoms with Gasteiger partial charge in [0.1, 0.15) is 0 Å². The molecule has 1 fully saturated rings. The molecular weight excluding hydrogens is 364 g/mol. The van der Waals surface area contributed by atoms with E-state index < -0.39 is 0 Å². The summed E-state index contributed by atoms with van der Waals surface area (Å²) in [6.45, 7) is 3.69. The number of hydrogen-bond acceptors (Lipinski definition) is 5. The molecule has 0 amide bonds. The van der Waals surface area contributed by atoms with Crippen LogP contribution in [0.5, 0.6) is 0 Å². The Morgan fingerprint density at radius 2 is 1.39 bits per heavy atom. The predicted molar refractivity (Wildman–Crippen MR) is 124 cm³/mol. The Hall–Kier alpha value is -1.98. The van der Waals surface area contributed by atoms with Crippen LogP contribution in [0.3, 0.4) is 0 Å². The zero-order chi connectivity index (χ0) is 19.7. The van der Waals surface area contributed by atoms with E-state index in [2.05, 4.69) is 79.3 Å². The molecule has 0 spiro atoms. The van der Waals surface area contributed by atoms with E-state index in [1.165, 1.54) is 59.5 Å². The van der Waals surface area contributed by atoms with Crippen LogP contribution in [0.25, 0.3) is 21.8 Å². The lowest BCUT2D eigenvalue weighted by Crippen LogP contribution is -2.21. The molecule has 1 aliphatic heterocycles. The summed E-state index contributed by atoms with van der Waals surface area (Å²) in [5.74, 6) is 1.12. The summed E-state index contributed by atoms with van der Waals surface area (Å²) >= 11 is 1.99. The molecule has 1 saturated heterocycles. The Kier molecular flexibility index (Phi) is 5.65. The number of fused-ring (bicyclic) bond motifs is 2. The third-order valence-electron chi connectivity index (χ3n) is 5.58. The van der Waals surface area contributed by atoms with Gasteiger partial charge in [0.05, 0.1) is 11.0 Å².